The normalized spacial score (nSPS) is 10.9. The number of nitrogen functional groups attached to an aromatic ring is 1. The highest BCUT2D eigenvalue weighted by molar-refractivity contribution is 7.19. The van der Waals surface area contributed by atoms with E-state index >= 15 is 0 Å². The van der Waals surface area contributed by atoms with Gasteiger partial charge in [-0.25, -0.2) is 0 Å². The van der Waals surface area contributed by atoms with Crippen LogP contribution in [0, 0.1) is 0 Å². The van der Waals surface area contributed by atoms with Crippen LogP contribution < -0.4 is 5.73 Å². The minimum atomic E-state index is 0.756. The van der Waals surface area contributed by atoms with Gasteiger partial charge >= 0.3 is 0 Å². The fraction of sp³-hybridized carbons (Fsp3) is 0. The van der Waals surface area contributed by atoms with Crippen LogP contribution in [0.15, 0.2) is 52.7 Å². The Bertz CT molecular complexity index is 434. The average molecular weight is 203 g/mol. The van der Waals surface area contributed by atoms with E-state index in [1.807, 2.05) is 42.5 Å². The van der Waals surface area contributed by atoms with E-state index in [0.717, 1.165) is 15.7 Å². The van der Waals surface area contributed by atoms with Crippen LogP contribution in [-0.4, -0.2) is 0 Å². The predicted octanol–water partition coefficient (Wildman–Crippen LogP) is 3.75. The molecule has 0 fully saturated rings. The summed E-state index contributed by atoms with van der Waals surface area (Å²) in [5, 5.41) is 9.71. The topological polar surface area (TPSA) is 50.7 Å². The molecule has 1 heterocycles. The second-order valence-electron chi connectivity index (χ2n) is 2.71. The lowest BCUT2D eigenvalue weighted by molar-refractivity contribution is 1.25. The molecule has 2 aromatic rings. The van der Waals surface area contributed by atoms with Crippen molar-refractivity contribution in [3.8, 4) is 0 Å². The van der Waals surface area contributed by atoms with Crippen LogP contribution in [0.2, 0.25) is 0 Å². The first-order chi connectivity index (χ1) is 6.84. The van der Waals surface area contributed by atoms with Crippen LogP contribution >= 0.6 is 11.3 Å². The molecule has 0 aliphatic heterocycles. The van der Waals surface area contributed by atoms with Gasteiger partial charge in [0.15, 0.2) is 0 Å². The predicted molar refractivity (Wildman–Crippen MR) is 59.3 cm³/mol. The molecule has 3 nitrogen and oxygen atoms in total. The Morgan fingerprint density at radius 1 is 0.929 bits per heavy atom. The lowest BCUT2D eigenvalue weighted by Crippen LogP contribution is -1.72. The third kappa shape index (κ3) is 2.17. The van der Waals surface area contributed by atoms with Gasteiger partial charge in [0.1, 0.15) is 5.00 Å². The summed E-state index contributed by atoms with van der Waals surface area (Å²) in [6, 6.07) is 13.3. The van der Waals surface area contributed by atoms with Gasteiger partial charge in [-0.05, 0) is 24.3 Å². The number of anilines is 1. The van der Waals surface area contributed by atoms with Crippen molar-refractivity contribution in [2.24, 2.45) is 10.2 Å². The van der Waals surface area contributed by atoms with E-state index < -0.39 is 0 Å². The molecular weight excluding hydrogens is 194 g/mol. The van der Waals surface area contributed by atoms with Crippen LogP contribution in [0.5, 0.6) is 0 Å². The second-order valence-corrected chi connectivity index (χ2v) is 3.81. The summed E-state index contributed by atoms with van der Waals surface area (Å²) >= 11 is 1.42. The van der Waals surface area contributed by atoms with E-state index in [0.29, 0.717) is 0 Å². The molecule has 0 aliphatic carbocycles. The molecule has 0 amide bonds. The largest absolute Gasteiger partial charge is 0.391 e. The Morgan fingerprint density at radius 3 is 2.36 bits per heavy atom. The van der Waals surface area contributed by atoms with E-state index in [2.05, 4.69) is 10.2 Å². The van der Waals surface area contributed by atoms with E-state index in [-0.39, 0.29) is 0 Å². The molecule has 2 rings (SSSR count). The van der Waals surface area contributed by atoms with Gasteiger partial charge in [-0.15, -0.1) is 10.2 Å². The lowest BCUT2D eigenvalue weighted by atomic mass is 10.3. The highest BCUT2D eigenvalue weighted by Crippen LogP contribution is 2.28. The van der Waals surface area contributed by atoms with Gasteiger partial charge in [-0.3, -0.25) is 0 Å². The Kier molecular flexibility index (Phi) is 2.55. The summed E-state index contributed by atoms with van der Waals surface area (Å²) in [6.07, 6.45) is 0. The van der Waals surface area contributed by atoms with Crippen LogP contribution in [0.4, 0.5) is 15.7 Å². The van der Waals surface area contributed by atoms with Crippen molar-refractivity contribution >= 4 is 27.0 Å². The number of azo groups is 1. The van der Waals surface area contributed by atoms with E-state index in [1.54, 1.807) is 0 Å². The maximum Gasteiger partial charge on any atom is 0.140 e. The van der Waals surface area contributed by atoms with Gasteiger partial charge in [-0.1, -0.05) is 29.5 Å². The number of rotatable bonds is 2. The molecule has 0 bridgehead atoms. The number of thiophene rings is 1. The highest BCUT2D eigenvalue weighted by atomic mass is 32.1. The minimum absolute atomic E-state index is 0.756. The summed E-state index contributed by atoms with van der Waals surface area (Å²) in [7, 11) is 0. The molecule has 0 spiro atoms. The zero-order chi connectivity index (χ0) is 9.80. The average Bonchev–Trinajstić information content (AvgIpc) is 2.63. The molecule has 1 aromatic carbocycles. The van der Waals surface area contributed by atoms with Gasteiger partial charge in [0.25, 0.3) is 0 Å². The molecule has 0 aliphatic rings. The molecule has 1 aromatic heterocycles. The highest BCUT2D eigenvalue weighted by Gasteiger charge is 1.93. The van der Waals surface area contributed by atoms with Crippen molar-refractivity contribution in [1.29, 1.82) is 0 Å². The first-order valence-corrected chi connectivity index (χ1v) is 4.98. The summed E-state index contributed by atoms with van der Waals surface area (Å²) in [6.45, 7) is 0. The summed E-state index contributed by atoms with van der Waals surface area (Å²) in [5.41, 5.74) is 6.41. The van der Waals surface area contributed by atoms with Gasteiger partial charge in [-0.2, -0.15) is 0 Å². The SMILES string of the molecule is Nc1ccc(N=Nc2ccccc2)s1. The van der Waals surface area contributed by atoms with E-state index in [9.17, 15) is 0 Å². The maximum atomic E-state index is 5.56. The fourth-order valence-corrected chi connectivity index (χ4v) is 1.59. The molecule has 0 radical (unpaired) electrons. The number of benzene rings is 1. The van der Waals surface area contributed by atoms with Crippen molar-refractivity contribution < 1.29 is 0 Å². The molecule has 0 unspecified atom stereocenters. The van der Waals surface area contributed by atoms with E-state index in [4.69, 9.17) is 5.73 Å². The van der Waals surface area contributed by atoms with Crippen LogP contribution in [0.25, 0.3) is 0 Å². The Hall–Kier alpha value is -1.68. The van der Waals surface area contributed by atoms with Crippen LogP contribution in [0.3, 0.4) is 0 Å². The minimum Gasteiger partial charge on any atom is -0.391 e. The van der Waals surface area contributed by atoms with Gasteiger partial charge < -0.3 is 5.73 Å². The number of nitrogens with zero attached hydrogens (tertiary/aromatic N) is 2. The monoisotopic (exact) mass is 203 g/mol. The van der Waals surface area contributed by atoms with Gasteiger partial charge in [0, 0.05) is 0 Å². The fourth-order valence-electron chi connectivity index (χ4n) is 0.998. The first-order valence-electron chi connectivity index (χ1n) is 4.17. The van der Waals surface area contributed by atoms with Crippen LogP contribution in [0.1, 0.15) is 0 Å². The smallest absolute Gasteiger partial charge is 0.140 e. The third-order valence-electron chi connectivity index (χ3n) is 1.63. The van der Waals surface area contributed by atoms with E-state index in [1.165, 1.54) is 11.3 Å². The summed E-state index contributed by atoms with van der Waals surface area (Å²) < 4.78 is 0. The Morgan fingerprint density at radius 2 is 1.71 bits per heavy atom. The lowest BCUT2D eigenvalue weighted by Gasteiger charge is -1.88. The maximum absolute atomic E-state index is 5.56. The summed E-state index contributed by atoms with van der Waals surface area (Å²) in [4.78, 5) is 0. The van der Waals surface area contributed by atoms with Crippen molar-refractivity contribution in [2.45, 2.75) is 0 Å². The zero-order valence-corrected chi connectivity index (χ0v) is 8.24. The number of nitrogens with two attached hydrogens (primary N) is 1. The van der Waals surface area contributed by atoms with Crippen molar-refractivity contribution in [1.82, 2.24) is 0 Å². The Labute approximate surface area is 85.9 Å². The van der Waals surface area contributed by atoms with Crippen molar-refractivity contribution in [3.63, 3.8) is 0 Å². The van der Waals surface area contributed by atoms with Crippen LogP contribution in [-0.2, 0) is 0 Å². The molecule has 4 heteroatoms. The van der Waals surface area contributed by atoms with Crippen molar-refractivity contribution in [3.05, 3.63) is 42.5 Å². The molecule has 0 saturated heterocycles. The quantitative estimate of drug-likeness (QED) is 0.742. The first kappa shape index (κ1) is 8.90. The zero-order valence-electron chi connectivity index (χ0n) is 7.42. The molecule has 0 saturated carbocycles. The third-order valence-corrected chi connectivity index (χ3v) is 2.43. The van der Waals surface area contributed by atoms with Gasteiger partial charge in [0.2, 0.25) is 0 Å². The van der Waals surface area contributed by atoms with Crippen molar-refractivity contribution in [2.75, 3.05) is 5.73 Å². The second kappa shape index (κ2) is 4.02. The Balaban J connectivity index is 2.15. The number of hydrogen-bond donors (Lipinski definition) is 1. The molecule has 2 N–H and O–H groups in total. The summed E-state index contributed by atoms with van der Waals surface area (Å²) in [5.74, 6) is 0. The number of hydrogen-bond acceptors (Lipinski definition) is 4. The molecular formula is C10H9N3S. The van der Waals surface area contributed by atoms with Gasteiger partial charge in [0.05, 0.1) is 10.7 Å². The molecule has 70 valence electrons. The molecule has 14 heavy (non-hydrogen) atoms. The standard InChI is InChI=1S/C10H9N3S/c11-9-6-7-10(14-9)13-12-8-4-2-1-3-5-8/h1-7H,11H2. The molecule has 0 atom stereocenters.